The number of carbonyl (C=O) groups is 1. The molecule has 0 aliphatic heterocycles. The molecule has 10 heteroatoms. The first-order valence-corrected chi connectivity index (χ1v) is 6.03. The van der Waals surface area contributed by atoms with Gasteiger partial charge >= 0.3 is 0 Å². The largest absolute Gasteiger partial charge is 0.594 e. The van der Waals surface area contributed by atoms with Crippen LogP contribution in [0.1, 0.15) is 10.4 Å². The summed E-state index contributed by atoms with van der Waals surface area (Å²) in [5.41, 5.74) is 0.793. The zero-order valence-corrected chi connectivity index (χ0v) is 11.0. The van der Waals surface area contributed by atoms with Gasteiger partial charge in [-0.05, 0) is 17.0 Å². The Kier molecular flexibility index (Phi) is 3.03. The van der Waals surface area contributed by atoms with Crippen LogP contribution in [-0.4, -0.2) is 32.2 Å². The SMILES string of the molecule is O=C(N/C=N/O)c1cnn2c1n[n+]([O-])c1ccc(Cl)cc12. The standard InChI is InChI=1S/C11H7ClN6O3/c12-6-1-2-8-9(3-6)17-10(16-18(8)21)7(4-14-17)11(19)13-5-15-20/h1-5,20H,(H,13,15,19). The Balaban J connectivity index is 2.27. The lowest BCUT2D eigenvalue weighted by atomic mass is 10.3. The Morgan fingerprint density at radius 1 is 1.57 bits per heavy atom. The number of nitrogens with zero attached hydrogens (tertiary/aromatic N) is 5. The number of benzene rings is 1. The molecular weight excluding hydrogens is 300 g/mol. The second-order valence-corrected chi connectivity index (χ2v) is 4.45. The van der Waals surface area contributed by atoms with Gasteiger partial charge in [-0.15, -0.1) is 0 Å². The van der Waals surface area contributed by atoms with E-state index in [1.807, 2.05) is 0 Å². The average Bonchev–Trinajstić information content (AvgIpc) is 2.88. The molecule has 106 valence electrons. The molecule has 2 aromatic heterocycles. The van der Waals surface area contributed by atoms with Crippen molar-refractivity contribution in [2.45, 2.75) is 0 Å². The molecule has 2 heterocycles. The molecule has 0 atom stereocenters. The van der Waals surface area contributed by atoms with Gasteiger partial charge < -0.3 is 15.7 Å². The van der Waals surface area contributed by atoms with Gasteiger partial charge in [0.05, 0.1) is 6.20 Å². The highest BCUT2D eigenvalue weighted by Gasteiger charge is 2.20. The number of aromatic nitrogens is 4. The van der Waals surface area contributed by atoms with E-state index in [1.165, 1.54) is 16.8 Å². The maximum Gasteiger partial charge on any atom is 0.270 e. The van der Waals surface area contributed by atoms with Crippen molar-refractivity contribution in [3.8, 4) is 0 Å². The monoisotopic (exact) mass is 306 g/mol. The van der Waals surface area contributed by atoms with Crippen LogP contribution >= 0.6 is 11.6 Å². The third-order valence-electron chi connectivity index (χ3n) is 2.80. The molecule has 3 aromatic rings. The highest BCUT2D eigenvalue weighted by molar-refractivity contribution is 6.31. The minimum absolute atomic E-state index is 0.0568. The van der Waals surface area contributed by atoms with E-state index in [2.05, 4.69) is 20.7 Å². The molecule has 3 rings (SSSR count). The molecule has 0 bridgehead atoms. The third-order valence-corrected chi connectivity index (χ3v) is 3.03. The van der Waals surface area contributed by atoms with Crippen LogP contribution in [0, 0.1) is 5.21 Å². The second kappa shape index (κ2) is 4.87. The summed E-state index contributed by atoms with van der Waals surface area (Å²) in [7, 11) is 0. The Morgan fingerprint density at radius 3 is 3.14 bits per heavy atom. The van der Waals surface area contributed by atoms with Crippen LogP contribution in [-0.2, 0) is 0 Å². The number of carbonyl (C=O) groups excluding carboxylic acids is 1. The average molecular weight is 307 g/mol. The summed E-state index contributed by atoms with van der Waals surface area (Å²) in [6.07, 6.45) is 2.05. The van der Waals surface area contributed by atoms with Crippen LogP contribution in [0.5, 0.6) is 0 Å². The van der Waals surface area contributed by atoms with E-state index in [0.717, 1.165) is 6.34 Å². The summed E-state index contributed by atoms with van der Waals surface area (Å²) >= 11 is 5.91. The van der Waals surface area contributed by atoms with Gasteiger partial charge in [-0.2, -0.15) is 5.10 Å². The lowest BCUT2D eigenvalue weighted by Gasteiger charge is -2.02. The number of rotatable bonds is 2. The molecule has 0 aliphatic carbocycles. The normalized spacial score (nSPS) is 11.5. The van der Waals surface area contributed by atoms with Crippen molar-refractivity contribution >= 4 is 40.5 Å². The van der Waals surface area contributed by atoms with Gasteiger partial charge in [-0.25, -0.2) is 4.52 Å². The first-order valence-electron chi connectivity index (χ1n) is 5.65. The number of fused-ring (bicyclic) bond motifs is 3. The first kappa shape index (κ1) is 13.1. The van der Waals surface area contributed by atoms with Crippen LogP contribution in [0.15, 0.2) is 29.6 Å². The van der Waals surface area contributed by atoms with Crippen molar-refractivity contribution in [1.29, 1.82) is 0 Å². The number of halogens is 1. The molecule has 1 aromatic carbocycles. The molecule has 2 N–H and O–H groups in total. The zero-order chi connectivity index (χ0) is 15.0. The van der Waals surface area contributed by atoms with Gasteiger partial charge in [-0.3, -0.25) is 4.79 Å². The van der Waals surface area contributed by atoms with Crippen LogP contribution in [0.2, 0.25) is 5.02 Å². The van der Waals surface area contributed by atoms with Gasteiger partial charge in [0, 0.05) is 16.2 Å². The molecule has 9 nitrogen and oxygen atoms in total. The van der Waals surface area contributed by atoms with Crippen LogP contribution < -0.4 is 10.2 Å². The van der Waals surface area contributed by atoms with Crippen molar-refractivity contribution in [2.24, 2.45) is 5.16 Å². The molecule has 0 aliphatic rings. The van der Waals surface area contributed by atoms with E-state index in [0.29, 0.717) is 15.4 Å². The summed E-state index contributed by atoms with van der Waals surface area (Å²) in [4.78, 5) is 12.2. The quantitative estimate of drug-likeness (QED) is 0.176. The fourth-order valence-corrected chi connectivity index (χ4v) is 2.07. The summed E-state index contributed by atoms with van der Waals surface area (Å²) in [6, 6.07) is 4.61. The summed E-state index contributed by atoms with van der Waals surface area (Å²) in [6.45, 7) is 0. The van der Waals surface area contributed by atoms with E-state index in [4.69, 9.17) is 16.8 Å². The number of hydrogen-bond donors (Lipinski definition) is 2. The summed E-state index contributed by atoms with van der Waals surface area (Å²) < 4.78 is 1.33. The van der Waals surface area contributed by atoms with Gasteiger partial charge in [0.2, 0.25) is 5.65 Å². The van der Waals surface area contributed by atoms with E-state index in [-0.39, 0.29) is 16.7 Å². The van der Waals surface area contributed by atoms with Gasteiger partial charge in [-0.1, -0.05) is 16.8 Å². The molecule has 0 saturated heterocycles. The zero-order valence-electron chi connectivity index (χ0n) is 10.3. The topological polar surface area (TPSA) is 119 Å². The lowest BCUT2D eigenvalue weighted by Crippen LogP contribution is -2.33. The summed E-state index contributed by atoms with van der Waals surface area (Å²) in [5.74, 6) is -0.614. The fraction of sp³-hybridized carbons (Fsp3) is 0. The van der Waals surface area contributed by atoms with Crippen LogP contribution in [0.3, 0.4) is 0 Å². The lowest BCUT2D eigenvalue weighted by molar-refractivity contribution is -0.640. The predicted octanol–water partition coefficient (Wildman–Crippen LogP) is 0.317. The van der Waals surface area contributed by atoms with E-state index in [1.54, 1.807) is 12.1 Å². The van der Waals surface area contributed by atoms with Crippen LogP contribution in [0.25, 0.3) is 16.7 Å². The molecule has 1 amide bonds. The van der Waals surface area contributed by atoms with Crippen molar-refractivity contribution in [1.82, 2.24) is 20.0 Å². The Hall–Kier alpha value is -2.94. The van der Waals surface area contributed by atoms with Gasteiger partial charge in [0.15, 0.2) is 0 Å². The van der Waals surface area contributed by atoms with Gasteiger partial charge in [0.25, 0.3) is 11.4 Å². The molecule has 0 spiro atoms. The highest BCUT2D eigenvalue weighted by atomic mass is 35.5. The Labute approximate surface area is 121 Å². The molecule has 0 unspecified atom stereocenters. The number of hydrogen-bond acceptors (Lipinski definition) is 6. The fourth-order valence-electron chi connectivity index (χ4n) is 1.91. The third kappa shape index (κ3) is 2.09. The highest BCUT2D eigenvalue weighted by Crippen LogP contribution is 2.18. The summed E-state index contributed by atoms with van der Waals surface area (Å²) in [5, 5.41) is 33.3. The molecule has 0 radical (unpaired) electrons. The maximum absolute atomic E-state index is 11.9. The number of amides is 1. The molecule has 21 heavy (non-hydrogen) atoms. The first-order chi connectivity index (χ1) is 10.1. The molecular formula is C11H7ClN6O3. The van der Waals surface area contributed by atoms with Gasteiger partial charge in [0.1, 0.15) is 17.4 Å². The minimum atomic E-state index is -0.614. The van der Waals surface area contributed by atoms with Crippen LogP contribution in [0.4, 0.5) is 0 Å². The number of nitrogens with one attached hydrogen (secondary N) is 1. The van der Waals surface area contributed by atoms with E-state index >= 15 is 0 Å². The molecule has 0 fully saturated rings. The Morgan fingerprint density at radius 2 is 2.38 bits per heavy atom. The minimum Gasteiger partial charge on any atom is -0.594 e. The van der Waals surface area contributed by atoms with Crippen molar-refractivity contribution < 1.29 is 14.8 Å². The second-order valence-electron chi connectivity index (χ2n) is 4.02. The Bertz CT molecular complexity index is 890. The maximum atomic E-state index is 11.9. The van der Waals surface area contributed by atoms with Crippen molar-refractivity contribution in [3.05, 3.63) is 40.2 Å². The number of oxime groups is 1. The predicted molar refractivity (Wildman–Crippen MR) is 72.2 cm³/mol. The van der Waals surface area contributed by atoms with Crippen molar-refractivity contribution in [2.75, 3.05) is 0 Å². The van der Waals surface area contributed by atoms with E-state index in [9.17, 15) is 10.0 Å². The smallest absolute Gasteiger partial charge is 0.270 e. The van der Waals surface area contributed by atoms with E-state index < -0.39 is 5.91 Å². The van der Waals surface area contributed by atoms with Crippen molar-refractivity contribution in [3.63, 3.8) is 0 Å². The molecule has 0 saturated carbocycles.